The van der Waals surface area contributed by atoms with E-state index in [4.69, 9.17) is 28.7 Å². The molecule has 0 radical (unpaired) electrons. The van der Waals surface area contributed by atoms with Crippen molar-refractivity contribution in [2.45, 2.75) is 0 Å². The molecule has 0 aliphatic heterocycles. The molecule has 0 unspecified atom stereocenters. The van der Waals surface area contributed by atoms with Gasteiger partial charge in [-0.25, -0.2) is 0 Å². The average Bonchev–Trinajstić information content (AvgIpc) is 3.40. The van der Waals surface area contributed by atoms with Crippen molar-refractivity contribution in [2.24, 2.45) is 0 Å². The van der Waals surface area contributed by atoms with Crippen LogP contribution in [0.4, 0.5) is 0 Å². The van der Waals surface area contributed by atoms with Gasteiger partial charge in [0.2, 0.25) is 0 Å². The number of para-hydroxylation sites is 1. The molecule has 0 spiro atoms. The fraction of sp³-hybridized carbons (Fsp3) is 0. The lowest BCUT2D eigenvalue weighted by Crippen LogP contribution is -1.81. The minimum Gasteiger partial charge on any atom is -0.456 e. The lowest BCUT2D eigenvalue weighted by Gasteiger charge is -2.06. The molecule has 128 valence electrons. The van der Waals surface area contributed by atoms with E-state index in [1.54, 1.807) is 12.1 Å². The zero-order chi connectivity index (χ0) is 23.2. The van der Waals surface area contributed by atoms with Gasteiger partial charge < -0.3 is 8.83 Å². The lowest BCUT2D eigenvalue weighted by molar-refractivity contribution is 0.668. The van der Waals surface area contributed by atoms with Crippen LogP contribution in [0, 0.1) is 0 Å². The SMILES string of the molecule is [2H]c1c([2H])c(-c2cccc3oc4ccccc4c23)c2c(oc3c([2H])c(Cl)c([2H])c([2H])c32)c1[2H]. The Labute approximate surface area is 168 Å². The molecule has 0 aliphatic rings. The van der Waals surface area contributed by atoms with Gasteiger partial charge in [0.15, 0.2) is 0 Å². The molecule has 6 aromatic rings. The van der Waals surface area contributed by atoms with E-state index in [1.807, 2.05) is 30.3 Å². The largest absolute Gasteiger partial charge is 0.456 e. The lowest BCUT2D eigenvalue weighted by atomic mass is 9.95. The predicted octanol–water partition coefficient (Wildman–Crippen LogP) is 7.81. The number of benzene rings is 4. The van der Waals surface area contributed by atoms with Crippen molar-refractivity contribution < 1.29 is 17.1 Å². The summed E-state index contributed by atoms with van der Waals surface area (Å²) in [5.74, 6) is 0. The van der Waals surface area contributed by atoms with Gasteiger partial charge >= 0.3 is 0 Å². The maximum atomic E-state index is 8.77. The Kier molecular flexibility index (Phi) is 2.03. The Morgan fingerprint density at radius 3 is 2.44 bits per heavy atom. The second-order valence-electron chi connectivity index (χ2n) is 6.23. The average molecular weight is 375 g/mol. The molecule has 2 nitrogen and oxygen atoms in total. The summed E-state index contributed by atoms with van der Waals surface area (Å²) in [6.45, 7) is 0. The molecule has 0 amide bonds. The van der Waals surface area contributed by atoms with Crippen molar-refractivity contribution in [1.29, 1.82) is 0 Å². The highest BCUT2D eigenvalue weighted by atomic mass is 35.5. The van der Waals surface area contributed by atoms with Crippen molar-refractivity contribution in [3.05, 3.63) is 83.7 Å². The number of halogens is 1. The summed E-state index contributed by atoms with van der Waals surface area (Å²) in [7, 11) is 0. The van der Waals surface area contributed by atoms with Crippen LogP contribution in [0.5, 0.6) is 0 Å². The third-order valence-corrected chi connectivity index (χ3v) is 4.90. The maximum Gasteiger partial charge on any atom is 0.136 e. The van der Waals surface area contributed by atoms with Crippen LogP contribution >= 0.6 is 11.6 Å². The molecule has 0 saturated carbocycles. The van der Waals surface area contributed by atoms with Gasteiger partial charge in [-0.15, -0.1) is 0 Å². The Morgan fingerprint density at radius 1 is 0.667 bits per heavy atom. The van der Waals surface area contributed by atoms with E-state index in [2.05, 4.69) is 0 Å². The molecule has 0 N–H and O–H groups in total. The fourth-order valence-corrected chi connectivity index (χ4v) is 3.74. The summed E-state index contributed by atoms with van der Waals surface area (Å²) >= 11 is 6.09. The smallest absolute Gasteiger partial charge is 0.136 e. The Bertz CT molecular complexity index is 1800. The zero-order valence-corrected chi connectivity index (χ0v) is 14.5. The minimum atomic E-state index is -0.336. The van der Waals surface area contributed by atoms with Crippen LogP contribution in [0.15, 0.2) is 87.6 Å². The molecular formula is C24H13ClO2. The van der Waals surface area contributed by atoms with Crippen molar-refractivity contribution in [3.8, 4) is 11.1 Å². The van der Waals surface area contributed by atoms with Gasteiger partial charge in [0.05, 0.1) is 8.22 Å². The highest BCUT2D eigenvalue weighted by molar-refractivity contribution is 6.31. The van der Waals surface area contributed by atoms with Gasteiger partial charge in [-0.05, 0) is 41.4 Å². The van der Waals surface area contributed by atoms with Crippen LogP contribution in [-0.2, 0) is 0 Å². The van der Waals surface area contributed by atoms with Crippen LogP contribution in [0.2, 0.25) is 5.02 Å². The molecule has 0 fully saturated rings. The van der Waals surface area contributed by atoms with Crippen LogP contribution < -0.4 is 0 Å². The summed E-state index contributed by atoms with van der Waals surface area (Å²) < 4.78 is 62.4. The zero-order valence-electron chi connectivity index (χ0n) is 19.7. The fourth-order valence-electron chi connectivity index (χ4n) is 3.61. The molecule has 3 heteroatoms. The molecule has 2 aromatic heterocycles. The first-order valence-corrected chi connectivity index (χ1v) is 8.70. The number of hydrogen-bond acceptors (Lipinski definition) is 2. The highest BCUT2D eigenvalue weighted by Gasteiger charge is 2.17. The predicted molar refractivity (Wildman–Crippen MR) is 111 cm³/mol. The second kappa shape index (κ2) is 5.38. The standard InChI is InChI=1S/C24H13ClO2/c25-14-11-12-18-22(13-14)27-21-10-4-7-16(24(18)21)15-6-3-9-20-23(15)17-5-1-2-8-19(17)26-20/h1-13H/i4D,7D,10D,11D,12D,13D. The van der Waals surface area contributed by atoms with Gasteiger partial charge in [-0.3, -0.25) is 0 Å². The van der Waals surface area contributed by atoms with E-state index in [0.29, 0.717) is 16.7 Å². The van der Waals surface area contributed by atoms with Crippen LogP contribution in [0.25, 0.3) is 55.0 Å². The number of furan rings is 2. The summed E-state index contributed by atoms with van der Waals surface area (Å²) in [5.41, 5.74) is 2.06. The van der Waals surface area contributed by atoms with E-state index < -0.39 is 0 Å². The normalized spacial score (nSPS) is 15.0. The van der Waals surface area contributed by atoms with Crippen LogP contribution in [0.3, 0.4) is 0 Å². The van der Waals surface area contributed by atoms with Gasteiger partial charge in [-0.1, -0.05) is 54.0 Å². The molecule has 0 atom stereocenters. The molecule has 0 saturated heterocycles. The first-order valence-electron chi connectivity index (χ1n) is 11.3. The number of fused-ring (bicyclic) bond motifs is 6. The Morgan fingerprint density at radius 2 is 1.48 bits per heavy atom. The summed E-state index contributed by atoms with van der Waals surface area (Å²) in [6, 6.07) is 11.1. The third-order valence-electron chi connectivity index (χ3n) is 4.71. The summed E-state index contributed by atoms with van der Waals surface area (Å²) in [5, 5.41) is 1.71. The second-order valence-corrected chi connectivity index (χ2v) is 6.60. The van der Waals surface area contributed by atoms with E-state index in [1.165, 1.54) is 0 Å². The monoisotopic (exact) mass is 374 g/mol. The summed E-state index contributed by atoms with van der Waals surface area (Å²) in [4.78, 5) is 0. The van der Waals surface area contributed by atoms with E-state index in [-0.39, 0.29) is 68.8 Å². The van der Waals surface area contributed by atoms with Crippen LogP contribution in [0.1, 0.15) is 8.22 Å². The van der Waals surface area contributed by atoms with Crippen molar-refractivity contribution in [1.82, 2.24) is 0 Å². The van der Waals surface area contributed by atoms with Crippen molar-refractivity contribution >= 4 is 55.5 Å². The first-order chi connectivity index (χ1) is 15.8. The van der Waals surface area contributed by atoms with Crippen LogP contribution in [-0.4, -0.2) is 0 Å². The third kappa shape index (κ3) is 2.08. The molecule has 0 aliphatic carbocycles. The Balaban J connectivity index is 1.92. The number of rotatable bonds is 1. The van der Waals surface area contributed by atoms with Gasteiger partial charge in [0.25, 0.3) is 0 Å². The van der Waals surface area contributed by atoms with Gasteiger partial charge in [-0.2, -0.15) is 0 Å². The topological polar surface area (TPSA) is 26.3 Å². The molecule has 6 rings (SSSR count). The number of hydrogen-bond donors (Lipinski definition) is 0. The van der Waals surface area contributed by atoms with E-state index in [0.717, 1.165) is 10.8 Å². The molecular weight excluding hydrogens is 356 g/mol. The Hall–Kier alpha value is -3.23. The first kappa shape index (κ1) is 10.2. The van der Waals surface area contributed by atoms with E-state index in [9.17, 15) is 0 Å². The quantitative estimate of drug-likeness (QED) is 0.293. The maximum absolute atomic E-state index is 8.77. The molecule has 2 heterocycles. The van der Waals surface area contributed by atoms with Crippen molar-refractivity contribution in [3.63, 3.8) is 0 Å². The van der Waals surface area contributed by atoms with E-state index >= 15 is 0 Å². The van der Waals surface area contributed by atoms with Crippen molar-refractivity contribution in [2.75, 3.05) is 0 Å². The molecule has 0 bridgehead atoms. The van der Waals surface area contributed by atoms with Gasteiger partial charge in [0, 0.05) is 32.6 Å². The highest BCUT2D eigenvalue weighted by Crippen LogP contribution is 2.42. The summed E-state index contributed by atoms with van der Waals surface area (Å²) in [6.07, 6.45) is 0. The molecule has 4 aromatic carbocycles. The molecule has 27 heavy (non-hydrogen) atoms. The van der Waals surface area contributed by atoms with Gasteiger partial charge in [0.1, 0.15) is 22.3 Å². The minimum absolute atomic E-state index is 0.0190.